The summed E-state index contributed by atoms with van der Waals surface area (Å²) >= 11 is 0. The maximum atomic E-state index is 10.5. The lowest BCUT2D eigenvalue weighted by Crippen LogP contribution is -2.01. The molecule has 62 valence electrons. The summed E-state index contributed by atoms with van der Waals surface area (Å²) in [5, 5.41) is 8.57. The van der Waals surface area contributed by atoms with E-state index in [0.717, 1.165) is 0 Å². The summed E-state index contributed by atoms with van der Waals surface area (Å²) in [6.45, 7) is 0.373. The lowest BCUT2D eigenvalue weighted by Gasteiger charge is -1.96. The van der Waals surface area contributed by atoms with Crippen molar-refractivity contribution in [2.45, 2.75) is 6.54 Å². The molecule has 0 aliphatic heterocycles. The minimum Gasteiger partial charge on any atom is -0.477 e. The van der Waals surface area contributed by atoms with Crippen molar-refractivity contribution in [1.29, 1.82) is 0 Å². The maximum absolute atomic E-state index is 10.5. The average Bonchev–Trinajstić information content (AvgIpc) is 2.05. The van der Waals surface area contributed by atoms with Crippen molar-refractivity contribution in [3.63, 3.8) is 0 Å². The van der Waals surface area contributed by atoms with Gasteiger partial charge >= 0.3 is 5.97 Å². The van der Waals surface area contributed by atoms with E-state index < -0.39 is 5.97 Å². The first-order valence-corrected chi connectivity index (χ1v) is 3.71. The van der Waals surface area contributed by atoms with Gasteiger partial charge in [0.05, 0.1) is 12.2 Å². The third-order valence-electron chi connectivity index (χ3n) is 1.27. The SMILES string of the molecule is O=C(O)c1cccc(CN=P)n1. The Balaban J connectivity index is 2.95. The lowest BCUT2D eigenvalue weighted by atomic mass is 10.3. The summed E-state index contributed by atoms with van der Waals surface area (Å²) in [5.41, 5.74) is 0.674. The van der Waals surface area contributed by atoms with E-state index in [4.69, 9.17) is 5.11 Å². The van der Waals surface area contributed by atoms with Crippen molar-refractivity contribution in [3.8, 4) is 0 Å². The Morgan fingerprint density at radius 3 is 3.00 bits per heavy atom. The van der Waals surface area contributed by atoms with Crippen LogP contribution in [0, 0.1) is 0 Å². The van der Waals surface area contributed by atoms with Crippen molar-refractivity contribution in [2.75, 3.05) is 0 Å². The third-order valence-corrected chi connectivity index (χ3v) is 1.43. The number of aromatic nitrogens is 1. The van der Waals surface area contributed by atoms with Gasteiger partial charge in [-0.05, 0) is 21.2 Å². The molecule has 0 atom stereocenters. The molecular formula is C7H7N2O2P. The predicted octanol–water partition coefficient (Wildman–Crippen LogP) is 1.61. The van der Waals surface area contributed by atoms with Crippen LogP contribution in [0.25, 0.3) is 0 Å². The van der Waals surface area contributed by atoms with Gasteiger partial charge in [-0.2, -0.15) is 0 Å². The second-order valence-electron chi connectivity index (χ2n) is 2.14. The first kappa shape index (κ1) is 8.81. The van der Waals surface area contributed by atoms with E-state index in [0.29, 0.717) is 12.2 Å². The quantitative estimate of drug-likeness (QED) is 0.722. The van der Waals surface area contributed by atoms with Crippen LogP contribution in [0.2, 0.25) is 0 Å². The Labute approximate surface area is 71.6 Å². The molecule has 0 saturated heterocycles. The topological polar surface area (TPSA) is 62.5 Å². The fourth-order valence-corrected chi connectivity index (χ4v) is 0.930. The Hall–Kier alpha value is -1.28. The fraction of sp³-hybridized carbons (Fsp3) is 0.143. The molecule has 0 fully saturated rings. The predicted molar refractivity (Wildman–Crippen MR) is 45.6 cm³/mol. The van der Waals surface area contributed by atoms with Crippen LogP contribution in [0.5, 0.6) is 0 Å². The van der Waals surface area contributed by atoms with Crippen LogP contribution in [-0.2, 0) is 6.54 Å². The van der Waals surface area contributed by atoms with Gasteiger partial charge in [-0.15, -0.1) is 0 Å². The Morgan fingerprint density at radius 2 is 2.42 bits per heavy atom. The second-order valence-corrected chi connectivity index (χ2v) is 2.45. The highest BCUT2D eigenvalue weighted by Gasteiger charge is 2.03. The molecule has 0 amide bonds. The highest BCUT2D eigenvalue weighted by molar-refractivity contribution is 7.03. The van der Waals surface area contributed by atoms with Gasteiger partial charge in [-0.3, -0.25) is 4.74 Å². The van der Waals surface area contributed by atoms with Crippen LogP contribution in [-0.4, -0.2) is 16.1 Å². The monoisotopic (exact) mass is 182 g/mol. The van der Waals surface area contributed by atoms with Crippen molar-refractivity contribution >= 4 is 15.0 Å². The Kier molecular flexibility index (Phi) is 2.88. The molecule has 0 unspecified atom stereocenters. The molecule has 0 aromatic carbocycles. The van der Waals surface area contributed by atoms with Crippen LogP contribution in [0.15, 0.2) is 22.9 Å². The van der Waals surface area contributed by atoms with Crippen molar-refractivity contribution < 1.29 is 9.90 Å². The lowest BCUT2D eigenvalue weighted by molar-refractivity contribution is 0.0690. The standard InChI is InChI=1S/C7H7N2O2P/c10-7(11)6-3-1-2-5(9-6)4-8-12/h1-3,12H,4H2,(H,10,11). The molecule has 5 heteroatoms. The van der Waals surface area contributed by atoms with E-state index in [1.165, 1.54) is 6.07 Å². The number of aromatic carboxylic acids is 1. The highest BCUT2D eigenvalue weighted by atomic mass is 31.0. The number of carboxylic acid groups (broad SMARTS) is 1. The number of rotatable bonds is 3. The zero-order chi connectivity index (χ0) is 8.97. The molecule has 0 saturated carbocycles. The number of carbonyl (C=O) groups is 1. The normalized spacial score (nSPS) is 9.33. The van der Waals surface area contributed by atoms with E-state index in [-0.39, 0.29) is 5.69 Å². The van der Waals surface area contributed by atoms with Crippen LogP contribution in [0.3, 0.4) is 0 Å². The minimum absolute atomic E-state index is 0.0443. The largest absolute Gasteiger partial charge is 0.477 e. The fourth-order valence-electron chi connectivity index (χ4n) is 0.768. The summed E-state index contributed by atoms with van der Waals surface area (Å²) in [7, 11) is 2.93. The first-order valence-electron chi connectivity index (χ1n) is 3.26. The molecule has 0 aliphatic carbocycles. The van der Waals surface area contributed by atoms with Gasteiger partial charge in [0.1, 0.15) is 5.69 Å². The second kappa shape index (κ2) is 3.93. The third kappa shape index (κ3) is 2.10. The molecule has 0 spiro atoms. The van der Waals surface area contributed by atoms with Crippen molar-refractivity contribution in [3.05, 3.63) is 29.6 Å². The molecule has 0 aliphatic rings. The smallest absolute Gasteiger partial charge is 0.354 e. The van der Waals surface area contributed by atoms with Gasteiger partial charge < -0.3 is 5.11 Å². The maximum Gasteiger partial charge on any atom is 0.354 e. The van der Waals surface area contributed by atoms with E-state index >= 15 is 0 Å². The molecular weight excluding hydrogens is 175 g/mol. The number of hydrogen-bond acceptors (Lipinski definition) is 3. The van der Waals surface area contributed by atoms with Gasteiger partial charge in [-0.1, -0.05) is 6.07 Å². The molecule has 12 heavy (non-hydrogen) atoms. The first-order chi connectivity index (χ1) is 5.74. The minimum atomic E-state index is -1.02. The molecule has 1 aromatic rings. The molecule has 0 bridgehead atoms. The summed E-state index contributed by atoms with van der Waals surface area (Å²) < 4.78 is 3.66. The molecule has 1 N–H and O–H groups in total. The summed E-state index contributed by atoms with van der Waals surface area (Å²) in [6, 6.07) is 4.80. The van der Waals surface area contributed by atoms with Gasteiger partial charge in [0.15, 0.2) is 0 Å². The van der Waals surface area contributed by atoms with Crippen LogP contribution in [0.4, 0.5) is 0 Å². The van der Waals surface area contributed by atoms with Crippen LogP contribution < -0.4 is 0 Å². The number of pyridine rings is 1. The highest BCUT2D eigenvalue weighted by Crippen LogP contribution is 2.01. The Bertz CT molecular complexity index is 314. The van der Waals surface area contributed by atoms with Crippen LogP contribution >= 0.6 is 9.03 Å². The van der Waals surface area contributed by atoms with Crippen molar-refractivity contribution in [2.24, 2.45) is 4.74 Å². The number of carboxylic acids is 1. The molecule has 1 heterocycles. The number of nitrogens with zero attached hydrogens (tertiary/aromatic N) is 2. The zero-order valence-corrected chi connectivity index (χ0v) is 7.19. The Morgan fingerprint density at radius 1 is 1.67 bits per heavy atom. The van der Waals surface area contributed by atoms with Gasteiger partial charge in [0, 0.05) is 0 Å². The van der Waals surface area contributed by atoms with Crippen molar-refractivity contribution in [1.82, 2.24) is 4.98 Å². The van der Waals surface area contributed by atoms with Gasteiger partial charge in [0.25, 0.3) is 0 Å². The van der Waals surface area contributed by atoms with E-state index in [1.54, 1.807) is 12.1 Å². The average molecular weight is 182 g/mol. The van der Waals surface area contributed by atoms with E-state index in [2.05, 4.69) is 18.8 Å². The molecule has 1 rings (SSSR count). The molecule has 4 nitrogen and oxygen atoms in total. The molecule has 1 aromatic heterocycles. The summed E-state index contributed by atoms with van der Waals surface area (Å²) in [5.74, 6) is -1.02. The van der Waals surface area contributed by atoms with Crippen LogP contribution in [0.1, 0.15) is 16.2 Å². The van der Waals surface area contributed by atoms with Gasteiger partial charge in [-0.25, -0.2) is 9.78 Å². The van der Waals surface area contributed by atoms with E-state index in [1.807, 2.05) is 0 Å². The summed E-state index contributed by atoms with van der Waals surface area (Å²) in [4.78, 5) is 14.3. The van der Waals surface area contributed by atoms with E-state index in [9.17, 15) is 4.79 Å². The zero-order valence-electron chi connectivity index (χ0n) is 6.19. The molecule has 0 radical (unpaired) electrons. The summed E-state index contributed by atoms with van der Waals surface area (Å²) in [6.07, 6.45) is 0. The van der Waals surface area contributed by atoms with Gasteiger partial charge in [0.2, 0.25) is 0 Å². The number of hydrogen-bond donors (Lipinski definition) is 1.